The SMILES string of the molecule is O=C(Cn1c(=O)oc2ccccc21)NC1CCN(C(=O)c2ccoc2)CC1. The first-order valence-corrected chi connectivity index (χ1v) is 8.81. The van der Waals surface area contributed by atoms with Gasteiger partial charge in [-0.1, -0.05) is 12.1 Å². The van der Waals surface area contributed by atoms with Gasteiger partial charge in [-0.05, 0) is 31.0 Å². The average Bonchev–Trinajstić information content (AvgIpc) is 3.31. The highest BCUT2D eigenvalue weighted by atomic mass is 16.4. The largest absolute Gasteiger partial charge is 0.472 e. The number of oxazole rings is 1. The molecule has 0 atom stereocenters. The van der Waals surface area contributed by atoms with E-state index in [4.69, 9.17) is 8.83 Å². The van der Waals surface area contributed by atoms with Crippen LogP contribution in [0.15, 0.2) is 56.5 Å². The van der Waals surface area contributed by atoms with Crippen molar-refractivity contribution in [2.45, 2.75) is 25.4 Å². The molecule has 0 radical (unpaired) electrons. The summed E-state index contributed by atoms with van der Waals surface area (Å²) in [5, 5.41) is 2.95. The van der Waals surface area contributed by atoms with E-state index in [1.54, 1.807) is 35.2 Å². The van der Waals surface area contributed by atoms with E-state index in [0.29, 0.717) is 42.6 Å². The molecule has 8 heteroatoms. The Kier molecular flexibility index (Phi) is 4.53. The maximum atomic E-state index is 12.4. The number of fused-ring (bicyclic) bond motifs is 1. The van der Waals surface area contributed by atoms with Gasteiger partial charge in [0.05, 0.1) is 17.3 Å². The molecule has 8 nitrogen and oxygen atoms in total. The zero-order chi connectivity index (χ0) is 18.8. The van der Waals surface area contributed by atoms with Crippen LogP contribution in [0.5, 0.6) is 0 Å². The van der Waals surface area contributed by atoms with Crippen LogP contribution in [0.1, 0.15) is 23.2 Å². The standard InChI is InChI=1S/C19H19N3O5/c23-17(11-22-15-3-1-2-4-16(15)27-19(22)25)20-14-5-8-21(9-6-14)18(24)13-7-10-26-12-13/h1-4,7,10,12,14H,5-6,8-9,11H2,(H,20,23). The normalized spacial score (nSPS) is 15.2. The maximum absolute atomic E-state index is 12.4. The Morgan fingerprint density at radius 2 is 1.93 bits per heavy atom. The number of amides is 2. The molecule has 140 valence electrons. The van der Waals surface area contributed by atoms with E-state index in [0.717, 1.165) is 0 Å². The van der Waals surface area contributed by atoms with E-state index < -0.39 is 5.76 Å². The topological polar surface area (TPSA) is 97.7 Å². The summed E-state index contributed by atoms with van der Waals surface area (Å²) in [5.41, 5.74) is 1.59. The van der Waals surface area contributed by atoms with E-state index in [9.17, 15) is 14.4 Å². The highest BCUT2D eigenvalue weighted by Gasteiger charge is 2.25. The first kappa shape index (κ1) is 17.1. The molecule has 2 aromatic heterocycles. The van der Waals surface area contributed by atoms with Gasteiger partial charge in [0.25, 0.3) is 5.91 Å². The summed E-state index contributed by atoms with van der Waals surface area (Å²) in [6.07, 6.45) is 4.23. The molecule has 0 aliphatic carbocycles. The van der Waals surface area contributed by atoms with Gasteiger partial charge in [-0.2, -0.15) is 0 Å². The number of hydrogen-bond donors (Lipinski definition) is 1. The van der Waals surface area contributed by atoms with Crippen molar-refractivity contribution in [2.24, 2.45) is 0 Å². The lowest BCUT2D eigenvalue weighted by Crippen LogP contribution is -2.47. The van der Waals surface area contributed by atoms with Crippen LogP contribution in [0.3, 0.4) is 0 Å². The smallest absolute Gasteiger partial charge is 0.420 e. The van der Waals surface area contributed by atoms with Crippen molar-refractivity contribution in [3.05, 3.63) is 59.0 Å². The molecule has 1 aliphatic rings. The number of carbonyl (C=O) groups excluding carboxylic acids is 2. The van der Waals surface area contributed by atoms with Gasteiger partial charge < -0.3 is 19.1 Å². The van der Waals surface area contributed by atoms with E-state index in [2.05, 4.69) is 5.32 Å². The van der Waals surface area contributed by atoms with Crippen LogP contribution in [0.4, 0.5) is 0 Å². The molecular formula is C19H19N3O5. The van der Waals surface area contributed by atoms with Crippen molar-refractivity contribution >= 4 is 22.9 Å². The monoisotopic (exact) mass is 369 g/mol. The predicted octanol–water partition coefficient (Wildman–Crippen LogP) is 1.61. The molecule has 0 unspecified atom stereocenters. The summed E-state index contributed by atoms with van der Waals surface area (Å²) in [6, 6.07) is 8.61. The molecule has 1 N–H and O–H groups in total. The predicted molar refractivity (Wildman–Crippen MR) is 96.3 cm³/mol. The van der Waals surface area contributed by atoms with E-state index in [1.807, 2.05) is 0 Å². The van der Waals surface area contributed by atoms with Gasteiger partial charge in [-0.15, -0.1) is 0 Å². The number of carbonyl (C=O) groups is 2. The van der Waals surface area contributed by atoms with Gasteiger partial charge >= 0.3 is 5.76 Å². The summed E-state index contributed by atoms with van der Waals surface area (Å²) < 4.78 is 11.4. The van der Waals surface area contributed by atoms with Gasteiger partial charge in [0.2, 0.25) is 5.91 Å². The number of nitrogens with zero attached hydrogens (tertiary/aromatic N) is 2. The summed E-state index contributed by atoms with van der Waals surface area (Å²) in [5.74, 6) is -0.861. The Labute approximate surface area is 154 Å². The number of benzene rings is 1. The van der Waals surface area contributed by atoms with E-state index >= 15 is 0 Å². The van der Waals surface area contributed by atoms with Gasteiger partial charge in [0, 0.05) is 19.1 Å². The molecule has 1 aromatic carbocycles. The summed E-state index contributed by atoms with van der Waals surface area (Å²) in [6.45, 7) is 1.02. The number of para-hydroxylation sites is 2. The summed E-state index contributed by atoms with van der Waals surface area (Å²) >= 11 is 0. The van der Waals surface area contributed by atoms with Crippen LogP contribution in [0, 0.1) is 0 Å². The second kappa shape index (κ2) is 7.14. The van der Waals surface area contributed by atoms with Crippen molar-refractivity contribution in [3.63, 3.8) is 0 Å². The molecule has 3 heterocycles. The Bertz CT molecular complexity index is 1010. The number of nitrogens with one attached hydrogen (secondary N) is 1. The number of furan rings is 1. The van der Waals surface area contributed by atoms with Crippen molar-refractivity contribution in [3.8, 4) is 0 Å². The van der Waals surface area contributed by atoms with Gasteiger partial charge in [0.15, 0.2) is 5.58 Å². The quantitative estimate of drug-likeness (QED) is 0.753. The molecule has 27 heavy (non-hydrogen) atoms. The number of piperidine rings is 1. The van der Waals surface area contributed by atoms with Crippen molar-refractivity contribution in [1.82, 2.24) is 14.8 Å². The fraction of sp³-hybridized carbons (Fsp3) is 0.316. The number of hydrogen-bond acceptors (Lipinski definition) is 5. The van der Waals surface area contributed by atoms with Crippen LogP contribution < -0.4 is 11.1 Å². The molecule has 1 fully saturated rings. The summed E-state index contributed by atoms with van der Waals surface area (Å²) in [4.78, 5) is 38.4. The van der Waals surface area contributed by atoms with Crippen molar-refractivity contribution in [2.75, 3.05) is 13.1 Å². The Balaban J connectivity index is 1.34. The lowest BCUT2D eigenvalue weighted by atomic mass is 10.0. The van der Waals surface area contributed by atoms with E-state index in [-0.39, 0.29) is 24.4 Å². The minimum absolute atomic E-state index is 0.0280. The first-order valence-electron chi connectivity index (χ1n) is 8.81. The molecule has 2 amide bonds. The third-order valence-corrected chi connectivity index (χ3v) is 4.79. The summed E-state index contributed by atoms with van der Waals surface area (Å²) in [7, 11) is 0. The lowest BCUT2D eigenvalue weighted by molar-refractivity contribution is -0.122. The second-order valence-corrected chi connectivity index (χ2v) is 6.57. The fourth-order valence-electron chi connectivity index (χ4n) is 3.38. The zero-order valence-corrected chi connectivity index (χ0v) is 14.6. The second-order valence-electron chi connectivity index (χ2n) is 6.57. The third-order valence-electron chi connectivity index (χ3n) is 4.79. The van der Waals surface area contributed by atoms with Crippen molar-refractivity contribution < 1.29 is 18.4 Å². The maximum Gasteiger partial charge on any atom is 0.420 e. The molecule has 0 bridgehead atoms. The van der Waals surface area contributed by atoms with E-state index in [1.165, 1.54) is 17.1 Å². The van der Waals surface area contributed by atoms with Crippen LogP contribution in [-0.4, -0.2) is 40.4 Å². The minimum Gasteiger partial charge on any atom is -0.472 e. The average molecular weight is 369 g/mol. The van der Waals surface area contributed by atoms with Crippen LogP contribution in [-0.2, 0) is 11.3 Å². The highest BCUT2D eigenvalue weighted by Crippen LogP contribution is 2.15. The lowest BCUT2D eigenvalue weighted by Gasteiger charge is -2.32. The first-order chi connectivity index (χ1) is 13.1. The molecule has 1 aliphatic heterocycles. The van der Waals surface area contributed by atoms with Crippen LogP contribution >= 0.6 is 0 Å². The Morgan fingerprint density at radius 3 is 2.67 bits per heavy atom. The third kappa shape index (κ3) is 3.51. The van der Waals surface area contributed by atoms with Gasteiger partial charge in [-0.25, -0.2) is 4.79 Å². The zero-order valence-electron chi connectivity index (χ0n) is 14.6. The molecule has 1 saturated heterocycles. The number of likely N-dealkylation sites (tertiary alicyclic amines) is 1. The minimum atomic E-state index is -0.549. The van der Waals surface area contributed by atoms with Crippen LogP contribution in [0.2, 0.25) is 0 Å². The van der Waals surface area contributed by atoms with Gasteiger partial charge in [-0.3, -0.25) is 14.2 Å². The van der Waals surface area contributed by atoms with Crippen molar-refractivity contribution in [1.29, 1.82) is 0 Å². The highest BCUT2D eigenvalue weighted by molar-refractivity contribution is 5.93. The molecule has 0 spiro atoms. The Hall–Kier alpha value is -3.29. The Morgan fingerprint density at radius 1 is 1.15 bits per heavy atom. The van der Waals surface area contributed by atoms with Crippen LogP contribution in [0.25, 0.3) is 11.1 Å². The number of aromatic nitrogens is 1. The number of rotatable bonds is 4. The molecule has 4 rings (SSSR count). The molecule has 3 aromatic rings. The fourth-order valence-corrected chi connectivity index (χ4v) is 3.38. The molecular weight excluding hydrogens is 350 g/mol. The van der Waals surface area contributed by atoms with Gasteiger partial charge in [0.1, 0.15) is 12.8 Å². The molecule has 0 saturated carbocycles.